The molecule has 2 fully saturated rings. The van der Waals surface area contributed by atoms with Gasteiger partial charge in [-0.3, -0.25) is 4.90 Å². The maximum atomic E-state index is 6.03. The highest BCUT2D eigenvalue weighted by Crippen LogP contribution is 2.24. The van der Waals surface area contributed by atoms with E-state index in [2.05, 4.69) is 36.9 Å². The van der Waals surface area contributed by atoms with Crippen molar-refractivity contribution in [1.82, 2.24) is 4.90 Å². The number of aryl methyl sites for hydroxylation is 2. The van der Waals surface area contributed by atoms with Crippen LogP contribution in [0.1, 0.15) is 17.5 Å². The van der Waals surface area contributed by atoms with Crippen LogP contribution in [0.5, 0.6) is 5.75 Å². The van der Waals surface area contributed by atoms with E-state index in [0.717, 1.165) is 51.7 Å². The second-order valence-corrected chi connectivity index (χ2v) is 5.95. The molecular formula is C17H25NO3. The number of fused-ring (bicyclic) bond motifs is 1. The predicted octanol–water partition coefficient (Wildman–Crippen LogP) is 2.17. The molecule has 0 aromatic heterocycles. The molecule has 0 saturated carbocycles. The third kappa shape index (κ3) is 3.39. The standard InChI is InChI=1S/C17H25NO3/c1-13-4-3-5-14(2)17(13)21-11-8-18-7-10-20-16-6-9-19-12-15(16)18/h3-5,15-16H,6-12H2,1-2H3. The first-order valence-electron chi connectivity index (χ1n) is 7.88. The third-order valence-electron chi connectivity index (χ3n) is 4.48. The molecule has 4 nitrogen and oxygen atoms in total. The average Bonchev–Trinajstić information content (AvgIpc) is 2.50. The summed E-state index contributed by atoms with van der Waals surface area (Å²) in [6.07, 6.45) is 1.35. The van der Waals surface area contributed by atoms with E-state index in [-0.39, 0.29) is 0 Å². The summed E-state index contributed by atoms with van der Waals surface area (Å²) < 4.78 is 17.5. The zero-order valence-electron chi connectivity index (χ0n) is 13.0. The first kappa shape index (κ1) is 14.8. The largest absolute Gasteiger partial charge is 0.492 e. The Bertz CT molecular complexity index is 455. The number of nitrogens with zero attached hydrogens (tertiary/aromatic N) is 1. The van der Waals surface area contributed by atoms with Gasteiger partial charge in [0.15, 0.2) is 0 Å². The molecule has 2 aliphatic heterocycles. The van der Waals surface area contributed by atoms with Crippen LogP contribution in [-0.4, -0.2) is 56.6 Å². The molecule has 0 spiro atoms. The van der Waals surface area contributed by atoms with Crippen LogP contribution < -0.4 is 4.74 Å². The van der Waals surface area contributed by atoms with E-state index >= 15 is 0 Å². The summed E-state index contributed by atoms with van der Waals surface area (Å²) in [4.78, 5) is 2.46. The Morgan fingerprint density at radius 1 is 1.24 bits per heavy atom. The lowest BCUT2D eigenvalue weighted by Crippen LogP contribution is -2.56. The van der Waals surface area contributed by atoms with Gasteiger partial charge in [-0.25, -0.2) is 0 Å². The first-order valence-corrected chi connectivity index (χ1v) is 7.88. The highest BCUT2D eigenvalue weighted by molar-refractivity contribution is 5.39. The molecule has 1 aromatic rings. The second-order valence-electron chi connectivity index (χ2n) is 5.95. The van der Waals surface area contributed by atoms with E-state index in [4.69, 9.17) is 14.2 Å². The summed E-state index contributed by atoms with van der Waals surface area (Å²) >= 11 is 0. The molecule has 2 saturated heterocycles. The normalized spacial score (nSPS) is 26.4. The molecule has 2 atom stereocenters. The quantitative estimate of drug-likeness (QED) is 0.851. The van der Waals surface area contributed by atoms with Crippen LogP contribution in [0.4, 0.5) is 0 Å². The number of hydrogen-bond donors (Lipinski definition) is 0. The molecule has 1 aromatic carbocycles. The van der Waals surface area contributed by atoms with Gasteiger partial charge in [0, 0.05) is 19.7 Å². The van der Waals surface area contributed by atoms with Gasteiger partial charge in [-0.15, -0.1) is 0 Å². The van der Waals surface area contributed by atoms with Crippen molar-refractivity contribution in [3.05, 3.63) is 29.3 Å². The minimum atomic E-state index is 0.340. The van der Waals surface area contributed by atoms with Crippen molar-refractivity contribution in [3.8, 4) is 5.75 Å². The SMILES string of the molecule is Cc1cccc(C)c1OCCN1CCOC2CCOCC21. The number of morpholine rings is 1. The van der Waals surface area contributed by atoms with E-state index < -0.39 is 0 Å². The molecular weight excluding hydrogens is 266 g/mol. The van der Waals surface area contributed by atoms with Gasteiger partial charge in [-0.1, -0.05) is 18.2 Å². The molecule has 2 aliphatic rings. The van der Waals surface area contributed by atoms with Crippen molar-refractivity contribution in [2.45, 2.75) is 32.4 Å². The summed E-state index contributed by atoms with van der Waals surface area (Å²) in [6.45, 7) is 9.26. The second kappa shape index (κ2) is 6.77. The third-order valence-corrected chi connectivity index (χ3v) is 4.48. The molecule has 116 valence electrons. The van der Waals surface area contributed by atoms with Crippen LogP contribution in [0.3, 0.4) is 0 Å². The zero-order valence-corrected chi connectivity index (χ0v) is 13.0. The number of benzene rings is 1. The van der Waals surface area contributed by atoms with Gasteiger partial charge in [-0.2, -0.15) is 0 Å². The smallest absolute Gasteiger partial charge is 0.125 e. The van der Waals surface area contributed by atoms with Gasteiger partial charge < -0.3 is 14.2 Å². The van der Waals surface area contributed by atoms with Crippen molar-refractivity contribution in [2.75, 3.05) is 39.5 Å². The van der Waals surface area contributed by atoms with E-state index in [1.165, 1.54) is 11.1 Å². The lowest BCUT2D eigenvalue weighted by Gasteiger charge is -2.43. The molecule has 0 amide bonds. The predicted molar refractivity (Wildman–Crippen MR) is 81.9 cm³/mol. The molecule has 2 unspecified atom stereocenters. The van der Waals surface area contributed by atoms with Gasteiger partial charge in [0.1, 0.15) is 12.4 Å². The van der Waals surface area contributed by atoms with Crippen molar-refractivity contribution in [2.24, 2.45) is 0 Å². The summed E-state index contributed by atoms with van der Waals surface area (Å²) in [7, 11) is 0. The Morgan fingerprint density at radius 3 is 2.86 bits per heavy atom. The van der Waals surface area contributed by atoms with E-state index in [1.54, 1.807) is 0 Å². The minimum Gasteiger partial charge on any atom is -0.492 e. The Labute approximate surface area is 127 Å². The lowest BCUT2D eigenvalue weighted by molar-refractivity contribution is -0.132. The Morgan fingerprint density at radius 2 is 2.05 bits per heavy atom. The molecule has 0 N–H and O–H groups in total. The van der Waals surface area contributed by atoms with Gasteiger partial charge in [0.2, 0.25) is 0 Å². The van der Waals surface area contributed by atoms with E-state index in [9.17, 15) is 0 Å². The van der Waals surface area contributed by atoms with Crippen LogP contribution in [0.15, 0.2) is 18.2 Å². The number of para-hydroxylation sites is 1. The molecule has 2 heterocycles. The molecule has 4 heteroatoms. The fourth-order valence-corrected chi connectivity index (χ4v) is 3.29. The topological polar surface area (TPSA) is 30.9 Å². The molecule has 21 heavy (non-hydrogen) atoms. The number of hydrogen-bond acceptors (Lipinski definition) is 4. The summed E-state index contributed by atoms with van der Waals surface area (Å²) in [5.74, 6) is 1.03. The van der Waals surface area contributed by atoms with E-state index in [1.807, 2.05) is 0 Å². The Hall–Kier alpha value is -1.10. The first-order chi connectivity index (χ1) is 10.3. The van der Waals surface area contributed by atoms with Crippen molar-refractivity contribution < 1.29 is 14.2 Å². The minimum absolute atomic E-state index is 0.340. The van der Waals surface area contributed by atoms with Gasteiger partial charge >= 0.3 is 0 Å². The van der Waals surface area contributed by atoms with Gasteiger partial charge in [-0.05, 0) is 31.4 Å². The highest BCUT2D eigenvalue weighted by atomic mass is 16.5. The van der Waals surface area contributed by atoms with Crippen LogP contribution in [0, 0.1) is 13.8 Å². The summed E-state index contributed by atoms with van der Waals surface area (Å²) in [5, 5.41) is 0. The van der Waals surface area contributed by atoms with Crippen LogP contribution >= 0.6 is 0 Å². The number of rotatable bonds is 4. The van der Waals surface area contributed by atoms with Crippen LogP contribution in [-0.2, 0) is 9.47 Å². The maximum absolute atomic E-state index is 6.03. The molecule has 0 radical (unpaired) electrons. The highest BCUT2D eigenvalue weighted by Gasteiger charge is 2.34. The van der Waals surface area contributed by atoms with Crippen molar-refractivity contribution in [3.63, 3.8) is 0 Å². The Balaban J connectivity index is 1.55. The molecule has 0 aliphatic carbocycles. The van der Waals surface area contributed by atoms with Crippen molar-refractivity contribution >= 4 is 0 Å². The summed E-state index contributed by atoms with van der Waals surface area (Å²) in [5.41, 5.74) is 2.41. The van der Waals surface area contributed by atoms with Crippen molar-refractivity contribution in [1.29, 1.82) is 0 Å². The number of ether oxygens (including phenoxy) is 3. The monoisotopic (exact) mass is 291 g/mol. The van der Waals surface area contributed by atoms with Crippen LogP contribution in [0.2, 0.25) is 0 Å². The fraction of sp³-hybridized carbons (Fsp3) is 0.647. The molecule has 0 bridgehead atoms. The average molecular weight is 291 g/mol. The van der Waals surface area contributed by atoms with Gasteiger partial charge in [0.25, 0.3) is 0 Å². The summed E-state index contributed by atoms with van der Waals surface area (Å²) in [6, 6.07) is 6.67. The van der Waals surface area contributed by atoms with Crippen LogP contribution in [0.25, 0.3) is 0 Å². The fourth-order valence-electron chi connectivity index (χ4n) is 3.29. The van der Waals surface area contributed by atoms with E-state index in [0.29, 0.717) is 12.1 Å². The molecule has 3 rings (SSSR count). The lowest BCUT2D eigenvalue weighted by atomic mass is 10.0. The maximum Gasteiger partial charge on any atom is 0.125 e. The van der Waals surface area contributed by atoms with Gasteiger partial charge in [0.05, 0.1) is 25.4 Å². The Kier molecular flexibility index (Phi) is 4.78. The zero-order chi connectivity index (χ0) is 14.7.